The number of hydrazine groups is 1. The van der Waals surface area contributed by atoms with Gasteiger partial charge in [0.15, 0.2) is 0 Å². The molecule has 1 heterocycles. The van der Waals surface area contributed by atoms with E-state index >= 15 is 0 Å². The summed E-state index contributed by atoms with van der Waals surface area (Å²) in [6.07, 6.45) is 2.82. The van der Waals surface area contributed by atoms with Crippen LogP contribution in [0.4, 0.5) is 5.69 Å². The predicted molar refractivity (Wildman–Crippen MR) is 88.2 cm³/mol. The first-order valence-corrected chi connectivity index (χ1v) is 7.41. The number of carbonyl (C=O) groups excluding carboxylic acids is 2. The van der Waals surface area contributed by atoms with Crippen molar-refractivity contribution in [2.45, 2.75) is 0 Å². The van der Waals surface area contributed by atoms with Gasteiger partial charge in [0.1, 0.15) is 0 Å². The zero-order valence-electron chi connectivity index (χ0n) is 12.9. The van der Waals surface area contributed by atoms with Crippen molar-refractivity contribution in [1.29, 1.82) is 0 Å². The van der Waals surface area contributed by atoms with Gasteiger partial charge >= 0.3 is 0 Å². The summed E-state index contributed by atoms with van der Waals surface area (Å²) >= 11 is 0. The van der Waals surface area contributed by atoms with E-state index in [0.717, 1.165) is 13.1 Å². The highest BCUT2D eigenvalue weighted by Gasteiger charge is 2.17. The minimum absolute atomic E-state index is 0.000486. The zero-order chi connectivity index (χ0) is 16.7. The average Bonchev–Trinajstić information content (AvgIpc) is 2.60. The lowest BCUT2D eigenvalue weighted by Crippen LogP contribution is -2.49. The summed E-state index contributed by atoms with van der Waals surface area (Å²) in [5, 5.41) is 7.16. The van der Waals surface area contributed by atoms with Gasteiger partial charge in [-0.05, 0) is 24.3 Å². The Kier molecular flexibility index (Phi) is 5.95. The largest absolute Gasteiger partial charge is 0.403 e. The van der Waals surface area contributed by atoms with E-state index in [1.807, 2.05) is 0 Å². The van der Waals surface area contributed by atoms with E-state index in [1.54, 1.807) is 29.2 Å². The fourth-order valence-corrected chi connectivity index (χ4v) is 2.25. The lowest BCUT2D eigenvalue weighted by atomic mass is 10.2. The van der Waals surface area contributed by atoms with Crippen LogP contribution in [0.3, 0.4) is 0 Å². The molecule has 8 nitrogen and oxygen atoms in total. The lowest BCUT2D eigenvalue weighted by molar-refractivity contribution is -0.130. The third kappa shape index (κ3) is 4.70. The second kappa shape index (κ2) is 8.16. The molecule has 1 aromatic carbocycles. The number of anilines is 1. The molecule has 6 N–H and O–H groups in total. The van der Waals surface area contributed by atoms with Gasteiger partial charge in [-0.1, -0.05) is 0 Å². The molecule has 1 aromatic rings. The Balaban J connectivity index is 1.86. The van der Waals surface area contributed by atoms with E-state index in [0.29, 0.717) is 24.3 Å². The topological polar surface area (TPSA) is 117 Å². The van der Waals surface area contributed by atoms with Crippen molar-refractivity contribution in [2.75, 3.05) is 37.7 Å². The number of carbonyl (C=O) groups is 2. The Morgan fingerprint density at radius 3 is 2.52 bits per heavy atom. The molecule has 0 aromatic heterocycles. The van der Waals surface area contributed by atoms with Gasteiger partial charge in [0.05, 0.1) is 12.2 Å². The first-order valence-electron chi connectivity index (χ1n) is 7.41. The van der Waals surface area contributed by atoms with Crippen LogP contribution < -0.4 is 27.2 Å². The summed E-state index contributed by atoms with van der Waals surface area (Å²) in [5.74, 6) is 5.36. The molecular weight excluding hydrogens is 296 g/mol. The van der Waals surface area contributed by atoms with Gasteiger partial charge in [-0.3, -0.25) is 14.6 Å². The Morgan fingerprint density at radius 1 is 1.26 bits per heavy atom. The molecule has 0 unspecified atom stereocenters. The average molecular weight is 318 g/mol. The van der Waals surface area contributed by atoms with Crippen LogP contribution in [0.25, 0.3) is 0 Å². The first kappa shape index (κ1) is 16.8. The van der Waals surface area contributed by atoms with Crippen LogP contribution in [0.5, 0.6) is 0 Å². The molecule has 124 valence electrons. The molecule has 1 fully saturated rings. The van der Waals surface area contributed by atoms with Crippen molar-refractivity contribution >= 4 is 17.5 Å². The molecule has 0 spiro atoms. The monoisotopic (exact) mass is 318 g/mol. The number of piperazine rings is 1. The maximum atomic E-state index is 12.1. The van der Waals surface area contributed by atoms with Crippen molar-refractivity contribution < 1.29 is 9.59 Å². The van der Waals surface area contributed by atoms with E-state index in [9.17, 15) is 9.59 Å². The Morgan fingerprint density at radius 2 is 1.91 bits per heavy atom. The Bertz CT molecular complexity index is 566. The van der Waals surface area contributed by atoms with E-state index < -0.39 is 0 Å². The molecule has 23 heavy (non-hydrogen) atoms. The number of hydrogen-bond donors (Lipinski definition) is 4. The van der Waals surface area contributed by atoms with Crippen LogP contribution in [0.1, 0.15) is 10.4 Å². The molecule has 0 saturated carbocycles. The summed E-state index contributed by atoms with van der Waals surface area (Å²) in [5.41, 5.74) is 6.43. The molecular formula is C15H22N6O2. The van der Waals surface area contributed by atoms with Gasteiger partial charge in [-0.15, -0.1) is 0 Å². The summed E-state index contributed by atoms with van der Waals surface area (Å²) in [4.78, 5) is 25.8. The molecule has 0 atom stereocenters. The highest BCUT2D eigenvalue weighted by atomic mass is 16.2. The molecule has 8 heteroatoms. The Hall–Kier alpha value is -2.58. The Labute approximate surface area is 135 Å². The second-order valence-electron chi connectivity index (χ2n) is 5.11. The number of hydrogen-bond acceptors (Lipinski definition) is 6. The maximum Gasteiger partial charge on any atom is 0.251 e. The molecule has 0 radical (unpaired) electrons. The molecule has 1 aliphatic rings. The zero-order valence-corrected chi connectivity index (χ0v) is 12.9. The third-order valence-corrected chi connectivity index (χ3v) is 3.54. The summed E-state index contributed by atoms with van der Waals surface area (Å²) in [6, 6.07) is 6.69. The minimum Gasteiger partial charge on any atom is -0.403 e. The number of nitrogens with one attached hydrogen (secondary N) is 2. The van der Waals surface area contributed by atoms with Crippen LogP contribution in [0.2, 0.25) is 0 Å². The van der Waals surface area contributed by atoms with Gasteiger partial charge in [-0.2, -0.15) is 0 Å². The highest BCUT2D eigenvalue weighted by Crippen LogP contribution is 2.12. The van der Waals surface area contributed by atoms with Gasteiger partial charge in [0, 0.05) is 44.1 Å². The fourth-order valence-electron chi connectivity index (χ4n) is 2.25. The van der Waals surface area contributed by atoms with Crippen molar-refractivity contribution in [3.63, 3.8) is 0 Å². The van der Waals surface area contributed by atoms with Crippen molar-refractivity contribution in [3.05, 3.63) is 42.2 Å². The number of rotatable bonds is 5. The predicted octanol–water partition coefficient (Wildman–Crippen LogP) is -1.04. The third-order valence-electron chi connectivity index (χ3n) is 3.54. The van der Waals surface area contributed by atoms with E-state index in [-0.39, 0.29) is 18.4 Å². The number of benzene rings is 1. The summed E-state index contributed by atoms with van der Waals surface area (Å²) in [6.45, 7) is 2.91. The smallest absolute Gasteiger partial charge is 0.251 e. The fraction of sp³-hybridized carbons (Fsp3) is 0.333. The number of nitrogens with zero attached hydrogens (tertiary/aromatic N) is 2. The van der Waals surface area contributed by atoms with E-state index in [4.69, 9.17) is 11.6 Å². The summed E-state index contributed by atoms with van der Waals surface area (Å²) in [7, 11) is 0. The van der Waals surface area contributed by atoms with Crippen LogP contribution in [-0.4, -0.2) is 49.4 Å². The molecule has 0 bridgehead atoms. The van der Waals surface area contributed by atoms with E-state index in [2.05, 4.69) is 10.6 Å². The van der Waals surface area contributed by atoms with Crippen molar-refractivity contribution in [1.82, 2.24) is 15.5 Å². The number of nitrogens with two attached hydrogens (primary N) is 2. The first-order chi connectivity index (χ1) is 11.1. The number of amides is 2. The molecule has 1 aliphatic heterocycles. The minimum atomic E-state index is -0.294. The molecule has 2 rings (SSSR count). The quantitative estimate of drug-likeness (QED) is 0.407. The van der Waals surface area contributed by atoms with Crippen LogP contribution in [-0.2, 0) is 4.79 Å². The van der Waals surface area contributed by atoms with Gasteiger partial charge in [0.25, 0.3) is 5.91 Å². The SMILES string of the molecule is N/C=C\N(N)c1ccc(C(=O)NCC(=O)N2CCNCC2)cc1. The second-order valence-corrected chi connectivity index (χ2v) is 5.11. The van der Waals surface area contributed by atoms with Crippen LogP contribution >= 0.6 is 0 Å². The van der Waals surface area contributed by atoms with Gasteiger partial charge < -0.3 is 21.3 Å². The standard InChI is InChI=1S/C15H22N6O2/c16-5-8-21(17)13-3-1-12(2-4-13)15(23)19-11-14(22)20-9-6-18-7-10-20/h1-5,8,18H,6-7,9-11,16-17H2,(H,19,23)/b8-5-. The highest BCUT2D eigenvalue weighted by molar-refractivity contribution is 5.96. The van der Waals surface area contributed by atoms with Crippen molar-refractivity contribution in [2.24, 2.45) is 11.6 Å². The molecule has 1 saturated heterocycles. The summed E-state index contributed by atoms with van der Waals surface area (Å²) < 4.78 is 0. The maximum absolute atomic E-state index is 12.1. The molecule has 0 aliphatic carbocycles. The van der Waals surface area contributed by atoms with Crippen LogP contribution in [0.15, 0.2) is 36.7 Å². The lowest BCUT2D eigenvalue weighted by Gasteiger charge is -2.27. The van der Waals surface area contributed by atoms with Gasteiger partial charge in [0.2, 0.25) is 5.91 Å². The van der Waals surface area contributed by atoms with Gasteiger partial charge in [-0.25, -0.2) is 5.84 Å². The molecule has 2 amide bonds. The normalized spacial score (nSPS) is 14.7. The van der Waals surface area contributed by atoms with Crippen LogP contribution in [0, 0.1) is 0 Å². The van der Waals surface area contributed by atoms with Crippen molar-refractivity contribution in [3.8, 4) is 0 Å². The van der Waals surface area contributed by atoms with E-state index in [1.165, 1.54) is 17.4 Å².